The summed E-state index contributed by atoms with van der Waals surface area (Å²) in [4.78, 5) is 27.2. The second-order valence-electron chi connectivity index (χ2n) is 6.67. The number of rotatable bonds is 6. The summed E-state index contributed by atoms with van der Waals surface area (Å²) in [7, 11) is 5.41. The van der Waals surface area contributed by atoms with Gasteiger partial charge in [0.05, 0.1) is 12.8 Å². The molecule has 26 heavy (non-hydrogen) atoms. The molecule has 0 saturated carbocycles. The highest BCUT2D eigenvalue weighted by atomic mass is 16.5. The lowest BCUT2D eigenvalue weighted by atomic mass is 9.90. The number of amides is 2. The monoisotopic (exact) mass is 355 g/mol. The second kappa shape index (κ2) is 7.91. The quantitative estimate of drug-likeness (QED) is 0.780. The molecule has 0 fully saturated rings. The zero-order chi connectivity index (χ0) is 19.3. The summed E-state index contributed by atoms with van der Waals surface area (Å²) in [6.45, 7) is 3.17. The molecule has 0 bridgehead atoms. The molecule has 0 saturated heterocycles. The Hall–Kier alpha value is -3.02. The maximum Gasteiger partial charge on any atom is 0.239 e. The molecule has 2 aromatic rings. The van der Waals surface area contributed by atoms with Crippen LogP contribution in [0.1, 0.15) is 13.8 Å². The van der Waals surface area contributed by atoms with Crippen molar-refractivity contribution < 1.29 is 14.3 Å². The molecule has 0 unspecified atom stereocenters. The molecular formula is C20H25N3O3. The number of nitrogens with zero attached hydrogens (tertiary/aromatic N) is 1. The standard InChI is InChI=1S/C20H25N3O3/c1-20(2,19(25)22-16-8-6-7-9-17(16)26-5)18(24)21-14-10-12-15(13-11-14)23(3)4/h6-13H,1-5H3,(H,21,24)(H,22,25). The molecule has 0 radical (unpaired) electrons. The molecule has 0 aliphatic carbocycles. The Kier molecular flexibility index (Phi) is 5.87. The lowest BCUT2D eigenvalue weighted by Crippen LogP contribution is -2.41. The number of carbonyl (C=O) groups excluding carboxylic acids is 2. The van der Waals surface area contributed by atoms with Crippen molar-refractivity contribution in [1.29, 1.82) is 0 Å². The smallest absolute Gasteiger partial charge is 0.239 e. The Balaban J connectivity index is 2.09. The van der Waals surface area contributed by atoms with Crippen molar-refractivity contribution in [1.82, 2.24) is 0 Å². The first kappa shape index (κ1) is 19.3. The van der Waals surface area contributed by atoms with Crippen molar-refractivity contribution in [2.45, 2.75) is 13.8 Å². The van der Waals surface area contributed by atoms with E-state index in [1.165, 1.54) is 7.11 Å². The fourth-order valence-electron chi connectivity index (χ4n) is 2.26. The molecule has 6 heteroatoms. The average molecular weight is 355 g/mol. The van der Waals surface area contributed by atoms with Gasteiger partial charge in [0, 0.05) is 25.5 Å². The first-order chi connectivity index (χ1) is 12.3. The predicted molar refractivity (Wildman–Crippen MR) is 105 cm³/mol. The number of ether oxygens (including phenoxy) is 1. The fraction of sp³-hybridized carbons (Fsp3) is 0.300. The molecule has 2 aromatic carbocycles. The van der Waals surface area contributed by atoms with Gasteiger partial charge in [0.1, 0.15) is 11.2 Å². The van der Waals surface area contributed by atoms with Crippen LogP contribution in [-0.4, -0.2) is 33.0 Å². The van der Waals surface area contributed by atoms with Crippen LogP contribution in [0.4, 0.5) is 17.1 Å². The normalized spacial score (nSPS) is 10.8. The lowest BCUT2D eigenvalue weighted by molar-refractivity contribution is -0.135. The maximum atomic E-state index is 12.6. The van der Waals surface area contributed by atoms with Crippen molar-refractivity contribution >= 4 is 28.9 Å². The van der Waals surface area contributed by atoms with Gasteiger partial charge in [0.15, 0.2) is 0 Å². The molecule has 0 aromatic heterocycles. The summed E-state index contributed by atoms with van der Waals surface area (Å²) < 4.78 is 5.23. The average Bonchev–Trinajstić information content (AvgIpc) is 2.62. The van der Waals surface area contributed by atoms with Gasteiger partial charge in [-0.2, -0.15) is 0 Å². The van der Waals surface area contributed by atoms with E-state index < -0.39 is 11.3 Å². The summed E-state index contributed by atoms with van der Waals surface area (Å²) in [5.74, 6) is -0.261. The number of carbonyl (C=O) groups is 2. The van der Waals surface area contributed by atoms with Crippen LogP contribution in [0.5, 0.6) is 5.75 Å². The highest BCUT2D eigenvalue weighted by Gasteiger charge is 2.36. The van der Waals surface area contributed by atoms with Gasteiger partial charge >= 0.3 is 0 Å². The van der Waals surface area contributed by atoms with Crippen molar-refractivity contribution in [2.75, 3.05) is 36.7 Å². The Morgan fingerprint density at radius 2 is 1.50 bits per heavy atom. The van der Waals surface area contributed by atoms with Crippen molar-refractivity contribution in [3.63, 3.8) is 0 Å². The van der Waals surface area contributed by atoms with E-state index in [1.807, 2.05) is 37.2 Å². The van der Waals surface area contributed by atoms with Gasteiger partial charge in [-0.1, -0.05) is 12.1 Å². The van der Waals surface area contributed by atoms with Crippen molar-refractivity contribution in [3.8, 4) is 5.75 Å². The lowest BCUT2D eigenvalue weighted by Gasteiger charge is -2.23. The van der Waals surface area contributed by atoms with Crippen LogP contribution in [-0.2, 0) is 9.59 Å². The third-order valence-electron chi connectivity index (χ3n) is 4.13. The molecule has 2 amide bonds. The zero-order valence-electron chi connectivity index (χ0n) is 15.8. The topological polar surface area (TPSA) is 70.7 Å². The van der Waals surface area contributed by atoms with E-state index in [0.29, 0.717) is 17.1 Å². The summed E-state index contributed by atoms with van der Waals surface area (Å²) in [5, 5.41) is 5.56. The van der Waals surface area contributed by atoms with Gasteiger partial charge in [0.2, 0.25) is 11.8 Å². The van der Waals surface area contributed by atoms with Gasteiger partial charge in [0.25, 0.3) is 0 Å². The minimum atomic E-state index is -1.26. The molecule has 138 valence electrons. The van der Waals surface area contributed by atoms with Gasteiger partial charge in [-0.05, 0) is 50.2 Å². The summed E-state index contributed by atoms with van der Waals surface area (Å²) >= 11 is 0. The molecule has 0 spiro atoms. The van der Waals surface area contributed by atoms with Gasteiger partial charge in [-0.15, -0.1) is 0 Å². The first-order valence-electron chi connectivity index (χ1n) is 8.29. The number of anilines is 3. The Labute approximate surface area is 154 Å². The number of para-hydroxylation sites is 2. The molecule has 2 rings (SSSR count). The highest BCUT2D eigenvalue weighted by Crippen LogP contribution is 2.27. The molecule has 2 N–H and O–H groups in total. The number of methoxy groups -OCH3 is 1. The van der Waals surface area contributed by atoms with Crippen LogP contribution >= 0.6 is 0 Å². The van der Waals surface area contributed by atoms with Gasteiger partial charge < -0.3 is 20.3 Å². The van der Waals surface area contributed by atoms with E-state index in [2.05, 4.69) is 10.6 Å². The summed E-state index contributed by atoms with van der Waals surface area (Å²) in [5.41, 5.74) is 0.923. The van der Waals surface area contributed by atoms with Crippen LogP contribution < -0.4 is 20.3 Å². The number of benzene rings is 2. The Morgan fingerprint density at radius 3 is 2.08 bits per heavy atom. The number of nitrogens with one attached hydrogen (secondary N) is 2. The number of hydrogen-bond donors (Lipinski definition) is 2. The fourth-order valence-corrected chi connectivity index (χ4v) is 2.26. The SMILES string of the molecule is COc1ccccc1NC(=O)C(C)(C)C(=O)Nc1ccc(N(C)C)cc1. The minimum Gasteiger partial charge on any atom is -0.495 e. The minimum absolute atomic E-state index is 0.387. The zero-order valence-corrected chi connectivity index (χ0v) is 15.8. The van der Waals surface area contributed by atoms with E-state index in [1.54, 1.807) is 44.2 Å². The third kappa shape index (κ3) is 4.33. The molecule has 6 nitrogen and oxygen atoms in total. The van der Waals surface area contributed by atoms with E-state index in [4.69, 9.17) is 4.74 Å². The van der Waals surface area contributed by atoms with Crippen LogP contribution in [0.15, 0.2) is 48.5 Å². The maximum absolute atomic E-state index is 12.6. The van der Waals surface area contributed by atoms with Gasteiger partial charge in [-0.3, -0.25) is 9.59 Å². The summed E-state index contributed by atoms with van der Waals surface area (Å²) in [6, 6.07) is 14.5. The molecular weight excluding hydrogens is 330 g/mol. The van der Waals surface area contributed by atoms with E-state index in [-0.39, 0.29) is 5.91 Å². The van der Waals surface area contributed by atoms with Crippen LogP contribution in [0, 0.1) is 5.41 Å². The third-order valence-corrected chi connectivity index (χ3v) is 4.13. The van der Waals surface area contributed by atoms with E-state index in [9.17, 15) is 9.59 Å². The second-order valence-corrected chi connectivity index (χ2v) is 6.67. The number of hydrogen-bond acceptors (Lipinski definition) is 4. The van der Waals surface area contributed by atoms with E-state index in [0.717, 1.165) is 5.69 Å². The first-order valence-corrected chi connectivity index (χ1v) is 8.29. The van der Waals surface area contributed by atoms with Crippen LogP contribution in [0.3, 0.4) is 0 Å². The van der Waals surface area contributed by atoms with Gasteiger partial charge in [-0.25, -0.2) is 0 Å². The summed E-state index contributed by atoms with van der Waals surface area (Å²) in [6.07, 6.45) is 0. The largest absolute Gasteiger partial charge is 0.495 e. The molecule has 0 heterocycles. The highest BCUT2D eigenvalue weighted by molar-refractivity contribution is 6.14. The van der Waals surface area contributed by atoms with Crippen LogP contribution in [0.2, 0.25) is 0 Å². The van der Waals surface area contributed by atoms with Crippen molar-refractivity contribution in [3.05, 3.63) is 48.5 Å². The Bertz CT molecular complexity index is 783. The van der Waals surface area contributed by atoms with Crippen molar-refractivity contribution in [2.24, 2.45) is 5.41 Å². The molecule has 0 aliphatic heterocycles. The van der Waals surface area contributed by atoms with E-state index >= 15 is 0 Å². The molecule has 0 aliphatic rings. The predicted octanol–water partition coefficient (Wildman–Crippen LogP) is 3.36. The Morgan fingerprint density at radius 1 is 0.923 bits per heavy atom. The molecule has 0 atom stereocenters. The van der Waals surface area contributed by atoms with Crippen LogP contribution in [0.25, 0.3) is 0 Å².